The Morgan fingerprint density at radius 3 is 2.00 bits per heavy atom. The van der Waals surface area contributed by atoms with Gasteiger partial charge < -0.3 is 4.98 Å². The highest BCUT2D eigenvalue weighted by atomic mass is 14.7. The zero-order valence-electron chi connectivity index (χ0n) is 17.0. The monoisotopic (exact) mass is 385 g/mol. The van der Waals surface area contributed by atoms with Crippen LogP contribution in [0.3, 0.4) is 0 Å². The average molecular weight is 386 g/mol. The van der Waals surface area contributed by atoms with Crippen LogP contribution in [0.1, 0.15) is 22.4 Å². The van der Waals surface area contributed by atoms with Crippen molar-refractivity contribution in [3.63, 3.8) is 0 Å². The van der Waals surface area contributed by atoms with Crippen LogP contribution >= 0.6 is 0 Å². The van der Waals surface area contributed by atoms with Crippen LogP contribution in [0.2, 0.25) is 0 Å². The second-order valence-corrected chi connectivity index (χ2v) is 7.59. The number of hydrogen-bond acceptors (Lipinski definition) is 0. The highest BCUT2D eigenvalue weighted by molar-refractivity contribution is 6.04. The first-order chi connectivity index (χ1) is 14.8. The summed E-state index contributed by atoms with van der Waals surface area (Å²) < 4.78 is 0. The van der Waals surface area contributed by atoms with Crippen LogP contribution in [0, 0.1) is 6.92 Å². The highest BCUT2D eigenvalue weighted by Gasteiger charge is 2.15. The van der Waals surface area contributed by atoms with Crippen LogP contribution in [0.25, 0.3) is 33.7 Å². The Balaban J connectivity index is 1.76. The van der Waals surface area contributed by atoms with Gasteiger partial charge in [0.25, 0.3) is 0 Å². The van der Waals surface area contributed by atoms with E-state index < -0.39 is 0 Å². The van der Waals surface area contributed by atoms with E-state index in [4.69, 9.17) is 0 Å². The van der Waals surface area contributed by atoms with E-state index in [0.717, 1.165) is 5.52 Å². The van der Waals surface area contributed by atoms with Gasteiger partial charge in [0, 0.05) is 22.2 Å². The standard InChI is InChI=1S/C29H23N/c1-21-29(26(24-15-9-4-10-16-24)19-22-11-5-2-6-12-22)27-20-25(17-18-28(27)30-21)23-13-7-3-8-14-23/h2-20,30H,1H3/b26-19-. The summed E-state index contributed by atoms with van der Waals surface area (Å²) in [5, 5.41) is 1.25. The first-order valence-corrected chi connectivity index (χ1v) is 10.3. The first kappa shape index (κ1) is 18.2. The Hall–Kier alpha value is -3.84. The third kappa shape index (κ3) is 3.46. The molecule has 1 N–H and O–H groups in total. The Kier molecular flexibility index (Phi) is 4.78. The van der Waals surface area contributed by atoms with Gasteiger partial charge in [-0.25, -0.2) is 0 Å². The number of hydrogen-bond donors (Lipinski definition) is 1. The topological polar surface area (TPSA) is 15.8 Å². The maximum Gasteiger partial charge on any atom is 0.0462 e. The lowest BCUT2D eigenvalue weighted by molar-refractivity contribution is 1.28. The molecule has 0 unspecified atom stereocenters. The summed E-state index contributed by atoms with van der Waals surface area (Å²) in [6, 6.07) is 38.5. The Labute approximate surface area is 177 Å². The van der Waals surface area contributed by atoms with E-state index in [9.17, 15) is 0 Å². The van der Waals surface area contributed by atoms with Gasteiger partial charge in [-0.1, -0.05) is 97.1 Å². The molecule has 5 aromatic rings. The Morgan fingerprint density at radius 1 is 0.667 bits per heavy atom. The van der Waals surface area contributed by atoms with Crippen molar-refractivity contribution < 1.29 is 0 Å². The molecule has 4 aromatic carbocycles. The fourth-order valence-corrected chi connectivity index (χ4v) is 4.12. The summed E-state index contributed by atoms with van der Waals surface area (Å²) in [5.74, 6) is 0. The molecule has 0 bridgehead atoms. The van der Waals surface area contributed by atoms with Gasteiger partial charge in [0.1, 0.15) is 0 Å². The molecule has 144 valence electrons. The minimum absolute atomic E-state index is 1.16. The minimum Gasteiger partial charge on any atom is -0.358 e. The van der Waals surface area contributed by atoms with Gasteiger partial charge in [-0.3, -0.25) is 0 Å². The maximum atomic E-state index is 3.60. The Morgan fingerprint density at radius 2 is 1.30 bits per heavy atom. The van der Waals surface area contributed by atoms with Crippen LogP contribution in [0.15, 0.2) is 109 Å². The van der Waals surface area contributed by atoms with Gasteiger partial charge in [0.2, 0.25) is 0 Å². The predicted octanol–water partition coefficient (Wildman–Crippen LogP) is 7.73. The normalized spacial score (nSPS) is 11.7. The third-order valence-electron chi connectivity index (χ3n) is 5.56. The van der Waals surface area contributed by atoms with Crippen molar-refractivity contribution in [3.8, 4) is 11.1 Å². The number of aryl methyl sites for hydroxylation is 1. The molecule has 0 amide bonds. The van der Waals surface area contributed by atoms with E-state index in [1.807, 2.05) is 0 Å². The summed E-state index contributed by atoms with van der Waals surface area (Å²) in [7, 11) is 0. The van der Waals surface area contributed by atoms with Gasteiger partial charge in [-0.05, 0) is 53.0 Å². The van der Waals surface area contributed by atoms with Crippen molar-refractivity contribution in [2.45, 2.75) is 6.92 Å². The molecule has 0 radical (unpaired) electrons. The molecule has 0 saturated heterocycles. The zero-order valence-corrected chi connectivity index (χ0v) is 17.0. The highest BCUT2D eigenvalue weighted by Crippen LogP contribution is 2.36. The van der Waals surface area contributed by atoms with Gasteiger partial charge in [-0.15, -0.1) is 0 Å². The number of benzene rings is 4. The number of aromatic amines is 1. The molecule has 1 nitrogen and oxygen atoms in total. The second kappa shape index (κ2) is 7.88. The lowest BCUT2D eigenvalue weighted by Crippen LogP contribution is -1.90. The summed E-state index contributed by atoms with van der Waals surface area (Å²) in [5.41, 5.74) is 9.72. The molecular weight excluding hydrogens is 362 g/mol. The molecule has 0 fully saturated rings. The van der Waals surface area contributed by atoms with Gasteiger partial charge in [0.05, 0.1) is 0 Å². The van der Waals surface area contributed by atoms with Crippen molar-refractivity contribution in [1.82, 2.24) is 4.98 Å². The molecule has 0 aliphatic heterocycles. The minimum atomic E-state index is 1.16. The third-order valence-corrected chi connectivity index (χ3v) is 5.56. The largest absolute Gasteiger partial charge is 0.358 e. The zero-order chi connectivity index (χ0) is 20.3. The molecular formula is C29H23N. The van der Waals surface area contributed by atoms with Crippen LogP contribution in [-0.4, -0.2) is 4.98 Å². The molecule has 1 aromatic heterocycles. The predicted molar refractivity (Wildman–Crippen MR) is 128 cm³/mol. The number of nitrogens with one attached hydrogen (secondary N) is 1. The summed E-state index contributed by atoms with van der Waals surface area (Å²) in [4.78, 5) is 3.60. The molecule has 0 atom stereocenters. The molecule has 0 saturated carbocycles. The fraction of sp³-hybridized carbons (Fsp3) is 0.0345. The molecule has 30 heavy (non-hydrogen) atoms. The summed E-state index contributed by atoms with van der Waals surface area (Å²) >= 11 is 0. The lowest BCUT2D eigenvalue weighted by atomic mass is 9.92. The fourth-order valence-electron chi connectivity index (χ4n) is 4.12. The van der Waals surface area contributed by atoms with Crippen molar-refractivity contribution in [2.24, 2.45) is 0 Å². The number of rotatable bonds is 4. The van der Waals surface area contributed by atoms with Crippen LogP contribution in [-0.2, 0) is 0 Å². The van der Waals surface area contributed by atoms with Crippen LogP contribution in [0.4, 0.5) is 0 Å². The molecule has 0 spiro atoms. The number of aromatic nitrogens is 1. The van der Waals surface area contributed by atoms with E-state index in [2.05, 4.69) is 127 Å². The number of fused-ring (bicyclic) bond motifs is 1. The molecule has 5 rings (SSSR count). The van der Waals surface area contributed by atoms with Crippen molar-refractivity contribution in [1.29, 1.82) is 0 Å². The van der Waals surface area contributed by atoms with E-state index in [0.29, 0.717) is 0 Å². The number of H-pyrrole nitrogens is 1. The van der Waals surface area contributed by atoms with E-state index in [-0.39, 0.29) is 0 Å². The van der Waals surface area contributed by atoms with Crippen molar-refractivity contribution >= 4 is 22.6 Å². The Bertz CT molecular complexity index is 1310. The van der Waals surface area contributed by atoms with E-state index in [1.165, 1.54) is 44.5 Å². The van der Waals surface area contributed by atoms with Gasteiger partial charge in [0.15, 0.2) is 0 Å². The van der Waals surface area contributed by atoms with E-state index in [1.54, 1.807) is 0 Å². The quantitative estimate of drug-likeness (QED) is 0.305. The maximum absolute atomic E-state index is 3.60. The van der Waals surface area contributed by atoms with Gasteiger partial charge in [-0.2, -0.15) is 0 Å². The second-order valence-electron chi connectivity index (χ2n) is 7.59. The van der Waals surface area contributed by atoms with Crippen molar-refractivity contribution in [3.05, 3.63) is 132 Å². The SMILES string of the molecule is Cc1[nH]c2ccc(-c3ccccc3)cc2c1/C(=C\c1ccccc1)c1ccccc1. The van der Waals surface area contributed by atoms with E-state index >= 15 is 0 Å². The van der Waals surface area contributed by atoms with Crippen molar-refractivity contribution in [2.75, 3.05) is 0 Å². The lowest BCUT2D eigenvalue weighted by Gasteiger charge is -2.11. The smallest absolute Gasteiger partial charge is 0.0462 e. The van der Waals surface area contributed by atoms with Crippen LogP contribution in [0.5, 0.6) is 0 Å². The van der Waals surface area contributed by atoms with Gasteiger partial charge >= 0.3 is 0 Å². The molecule has 0 aliphatic rings. The molecule has 0 aliphatic carbocycles. The summed E-state index contributed by atoms with van der Waals surface area (Å²) in [6.07, 6.45) is 2.29. The molecule has 1 heterocycles. The van der Waals surface area contributed by atoms with Crippen LogP contribution < -0.4 is 0 Å². The summed E-state index contributed by atoms with van der Waals surface area (Å²) in [6.45, 7) is 2.17. The first-order valence-electron chi connectivity index (χ1n) is 10.3. The molecule has 1 heteroatoms. The average Bonchev–Trinajstić information content (AvgIpc) is 3.14.